The normalized spacial score (nSPS) is 11.0. The van der Waals surface area contributed by atoms with E-state index in [1.807, 2.05) is 0 Å². The van der Waals surface area contributed by atoms with E-state index in [0.717, 1.165) is 0 Å². The molecule has 0 bridgehead atoms. The summed E-state index contributed by atoms with van der Waals surface area (Å²) in [4.78, 5) is 0. The van der Waals surface area contributed by atoms with Crippen molar-refractivity contribution in [1.29, 1.82) is 0 Å². The number of ether oxygens (including phenoxy) is 1. The summed E-state index contributed by atoms with van der Waals surface area (Å²) in [6.45, 7) is 0. The van der Waals surface area contributed by atoms with Gasteiger partial charge in [0.2, 0.25) is 0 Å². The van der Waals surface area contributed by atoms with E-state index in [1.54, 1.807) is 0 Å². The largest absolute Gasteiger partial charge is 0.461 e. The lowest BCUT2D eigenvalue weighted by atomic mass is 11.0. The van der Waals surface area contributed by atoms with Gasteiger partial charge in [0.1, 0.15) is 0 Å². The van der Waals surface area contributed by atoms with Crippen LogP contribution in [0.5, 0.6) is 0 Å². The fraction of sp³-hybridized carbons (Fsp3) is 0.333. The Morgan fingerprint density at radius 3 is 1.70 bits per heavy atom. The molecule has 0 aliphatic carbocycles. The molecule has 0 spiro atoms. The first-order valence-electron chi connectivity index (χ1n) is 1.79. The highest BCUT2D eigenvalue weighted by atomic mass is 79.9. The minimum absolute atomic E-state index is 1.48. The minimum Gasteiger partial charge on any atom is -0.393 e. The zero-order valence-corrected chi connectivity index (χ0v) is 5.76. The van der Waals surface area contributed by atoms with Crippen LogP contribution in [-0.2, 0) is 4.74 Å². The maximum atomic E-state index is 11.4. The van der Waals surface area contributed by atoms with Crippen molar-refractivity contribution < 1.29 is 26.7 Å². The lowest BCUT2D eigenvalue weighted by molar-refractivity contribution is -0.146. The highest BCUT2D eigenvalue weighted by molar-refractivity contribution is 9.09. The SMILES string of the molecule is FC(F)=C(F)OC(F)(F)Br. The standard InChI is InChI=1S/C3BrF5O/c4-3(8,9)10-2(7)1(5)6. The molecule has 0 amide bonds. The fourth-order valence-corrected chi connectivity index (χ4v) is 0.282. The second-order valence-electron chi connectivity index (χ2n) is 1.08. The summed E-state index contributed by atoms with van der Waals surface area (Å²) in [5, 5.41) is -4.10. The number of rotatable bonds is 2. The van der Waals surface area contributed by atoms with Gasteiger partial charge in [-0.1, -0.05) is 0 Å². The third-order valence-electron chi connectivity index (χ3n) is 0.354. The molecule has 0 aliphatic rings. The van der Waals surface area contributed by atoms with Gasteiger partial charge in [-0.25, -0.2) is 0 Å². The van der Waals surface area contributed by atoms with Crippen LogP contribution in [0.3, 0.4) is 0 Å². The summed E-state index contributed by atoms with van der Waals surface area (Å²) in [7, 11) is 0. The summed E-state index contributed by atoms with van der Waals surface area (Å²) >= 11 is 1.48. The van der Waals surface area contributed by atoms with Gasteiger partial charge in [0.05, 0.1) is 0 Å². The Morgan fingerprint density at radius 1 is 1.20 bits per heavy atom. The zero-order chi connectivity index (χ0) is 8.36. The van der Waals surface area contributed by atoms with E-state index in [9.17, 15) is 22.0 Å². The molecule has 0 saturated carbocycles. The maximum absolute atomic E-state index is 11.4. The third kappa shape index (κ3) is 4.54. The number of alkyl halides is 3. The predicted octanol–water partition coefficient (Wildman–Crippen LogP) is 2.98. The van der Waals surface area contributed by atoms with E-state index in [4.69, 9.17) is 0 Å². The Bertz CT molecular complexity index is 145. The first-order valence-corrected chi connectivity index (χ1v) is 2.59. The van der Waals surface area contributed by atoms with Crippen LogP contribution >= 0.6 is 15.9 Å². The topological polar surface area (TPSA) is 9.23 Å². The molecule has 0 saturated heterocycles. The first kappa shape index (κ1) is 9.67. The molecule has 0 atom stereocenters. The molecule has 0 aromatic rings. The molecular weight excluding hydrogens is 227 g/mol. The zero-order valence-electron chi connectivity index (χ0n) is 4.18. The molecule has 7 heteroatoms. The molecular formula is C3BrF5O. The Balaban J connectivity index is 4.06. The van der Waals surface area contributed by atoms with E-state index in [-0.39, 0.29) is 0 Å². The highest BCUT2D eigenvalue weighted by Crippen LogP contribution is 2.28. The molecule has 0 unspecified atom stereocenters. The first-order chi connectivity index (χ1) is 4.33. The molecule has 0 radical (unpaired) electrons. The average molecular weight is 227 g/mol. The molecule has 0 aromatic carbocycles. The molecule has 0 aliphatic heterocycles. The van der Waals surface area contributed by atoms with Crippen molar-refractivity contribution in [3.05, 3.63) is 12.1 Å². The second-order valence-corrected chi connectivity index (χ2v) is 2.01. The van der Waals surface area contributed by atoms with Gasteiger partial charge >= 0.3 is 17.1 Å². The summed E-state index contributed by atoms with van der Waals surface area (Å²) in [5.41, 5.74) is 0. The summed E-state index contributed by atoms with van der Waals surface area (Å²) in [5.74, 6) is 0. The third-order valence-corrected chi connectivity index (χ3v) is 0.516. The smallest absolute Gasteiger partial charge is 0.393 e. The van der Waals surface area contributed by atoms with Crippen molar-refractivity contribution in [2.45, 2.75) is 5.02 Å². The molecule has 0 aromatic heterocycles. The highest BCUT2D eigenvalue weighted by Gasteiger charge is 2.29. The van der Waals surface area contributed by atoms with E-state index in [1.165, 1.54) is 15.9 Å². The van der Waals surface area contributed by atoms with Gasteiger partial charge in [0.25, 0.3) is 0 Å². The summed E-state index contributed by atoms with van der Waals surface area (Å²) < 4.78 is 59.0. The molecule has 0 fully saturated rings. The van der Waals surface area contributed by atoms with Gasteiger partial charge in [-0.15, -0.1) is 0 Å². The van der Waals surface area contributed by atoms with Crippen LogP contribution in [0, 0.1) is 0 Å². The van der Waals surface area contributed by atoms with E-state index in [2.05, 4.69) is 4.74 Å². The van der Waals surface area contributed by atoms with Crippen molar-refractivity contribution in [3.63, 3.8) is 0 Å². The van der Waals surface area contributed by atoms with Crippen LogP contribution in [0.1, 0.15) is 0 Å². The van der Waals surface area contributed by atoms with Crippen molar-refractivity contribution in [2.75, 3.05) is 0 Å². The molecule has 0 N–H and O–H groups in total. The van der Waals surface area contributed by atoms with Crippen LogP contribution < -0.4 is 0 Å². The quantitative estimate of drug-likeness (QED) is 0.400. The molecule has 60 valence electrons. The Kier molecular flexibility index (Phi) is 3.07. The van der Waals surface area contributed by atoms with Gasteiger partial charge in [-0.05, 0) is 0 Å². The molecule has 1 nitrogen and oxygen atoms in total. The Hall–Kier alpha value is -0.330. The van der Waals surface area contributed by atoms with Crippen LogP contribution in [0.4, 0.5) is 22.0 Å². The van der Waals surface area contributed by atoms with Crippen LogP contribution in [0.2, 0.25) is 0 Å². The van der Waals surface area contributed by atoms with Gasteiger partial charge in [-0.3, -0.25) is 0 Å². The Morgan fingerprint density at radius 2 is 1.60 bits per heavy atom. The minimum atomic E-state index is -4.10. The average Bonchev–Trinajstić information content (AvgIpc) is 1.60. The number of hydrogen-bond donors (Lipinski definition) is 0. The van der Waals surface area contributed by atoms with Crippen LogP contribution in [-0.4, -0.2) is 5.02 Å². The van der Waals surface area contributed by atoms with Gasteiger partial charge in [0, 0.05) is 15.9 Å². The van der Waals surface area contributed by atoms with Crippen molar-refractivity contribution in [3.8, 4) is 0 Å². The predicted molar refractivity (Wildman–Crippen MR) is 25.3 cm³/mol. The van der Waals surface area contributed by atoms with Gasteiger partial charge in [-0.2, -0.15) is 22.0 Å². The Labute approximate surface area is 60.6 Å². The number of halogens is 6. The van der Waals surface area contributed by atoms with E-state index in [0.29, 0.717) is 0 Å². The van der Waals surface area contributed by atoms with Crippen molar-refractivity contribution in [2.24, 2.45) is 0 Å². The maximum Gasteiger partial charge on any atom is 0.461 e. The van der Waals surface area contributed by atoms with E-state index >= 15 is 0 Å². The van der Waals surface area contributed by atoms with Crippen molar-refractivity contribution >= 4 is 15.9 Å². The molecule has 0 rings (SSSR count). The fourth-order valence-electron chi connectivity index (χ4n) is 0.140. The summed E-state index contributed by atoms with van der Waals surface area (Å²) in [6, 6.07) is -2.60. The van der Waals surface area contributed by atoms with Gasteiger partial charge in [0.15, 0.2) is 0 Å². The van der Waals surface area contributed by atoms with Crippen LogP contribution in [0.25, 0.3) is 0 Å². The second kappa shape index (κ2) is 3.18. The monoisotopic (exact) mass is 226 g/mol. The lowest BCUT2D eigenvalue weighted by Crippen LogP contribution is -2.08. The van der Waals surface area contributed by atoms with Gasteiger partial charge < -0.3 is 4.74 Å². The van der Waals surface area contributed by atoms with Crippen molar-refractivity contribution in [1.82, 2.24) is 0 Å². The summed E-state index contributed by atoms with van der Waals surface area (Å²) in [6.07, 6.45) is -2.93. The molecule has 10 heavy (non-hydrogen) atoms. The van der Waals surface area contributed by atoms with E-state index < -0.39 is 17.1 Å². The molecule has 0 heterocycles. The van der Waals surface area contributed by atoms with Crippen LogP contribution in [0.15, 0.2) is 12.1 Å². The lowest BCUT2D eigenvalue weighted by Gasteiger charge is -2.06. The number of hydrogen-bond acceptors (Lipinski definition) is 1.